The zero-order valence-corrected chi connectivity index (χ0v) is 17.0. The molecule has 1 aliphatic carbocycles. The molecule has 1 aliphatic rings. The fraction of sp³-hybridized carbons (Fsp3) is 0.524. The molecule has 164 valence electrons. The van der Waals surface area contributed by atoms with Crippen molar-refractivity contribution < 1.29 is 33.8 Å². The van der Waals surface area contributed by atoms with Gasteiger partial charge in [0.15, 0.2) is 0 Å². The molecule has 2 atom stereocenters. The molecule has 1 aromatic rings. The summed E-state index contributed by atoms with van der Waals surface area (Å²) in [5.41, 5.74) is 0.754. The van der Waals surface area contributed by atoms with E-state index in [2.05, 4.69) is 10.6 Å². The fourth-order valence-electron chi connectivity index (χ4n) is 3.08. The number of aliphatic carboxylic acids is 1. The Labute approximate surface area is 175 Å². The number of hydrogen-bond acceptors (Lipinski definition) is 6. The standard InChI is InChI=1S/C21H28N2O7/c1-14(20(26)27)22-19(25)17(12-18(24)30-16-10-6-3-7-11-16)23-21(28)29-13-15-8-4-2-5-9-15/h2,4-5,8-9,14,16-17H,3,6-7,10-13H2,1H3,(H,22,25)(H,23,28)(H,26,27). The van der Waals surface area contributed by atoms with Crippen molar-refractivity contribution in [3.05, 3.63) is 35.9 Å². The maximum absolute atomic E-state index is 12.4. The minimum absolute atomic E-state index is 0.0148. The van der Waals surface area contributed by atoms with Crippen LogP contribution in [0.3, 0.4) is 0 Å². The Morgan fingerprint density at radius 1 is 1.07 bits per heavy atom. The Kier molecular flexibility index (Phi) is 9.11. The highest BCUT2D eigenvalue weighted by atomic mass is 16.6. The number of alkyl carbamates (subject to hydrolysis) is 1. The topological polar surface area (TPSA) is 131 Å². The van der Waals surface area contributed by atoms with Gasteiger partial charge in [0.05, 0.1) is 6.42 Å². The summed E-state index contributed by atoms with van der Waals surface area (Å²) in [5.74, 6) is -2.67. The van der Waals surface area contributed by atoms with E-state index < -0.39 is 42.4 Å². The van der Waals surface area contributed by atoms with Gasteiger partial charge >= 0.3 is 18.0 Å². The molecule has 0 aromatic heterocycles. The van der Waals surface area contributed by atoms with Crippen molar-refractivity contribution >= 4 is 23.9 Å². The Morgan fingerprint density at radius 2 is 1.73 bits per heavy atom. The van der Waals surface area contributed by atoms with E-state index >= 15 is 0 Å². The van der Waals surface area contributed by atoms with Crippen molar-refractivity contribution in [3.8, 4) is 0 Å². The Hall–Kier alpha value is -3.10. The first-order valence-corrected chi connectivity index (χ1v) is 10.0. The number of rotatable bonds is 9. The molecule has 0 bridgehead atoms. The van der Waals surface area contributed by atoms with Crippen LogP contribution >= 0.6 is 0 Å². The van der Waals surface area contributed by atoms with Crippen LogP contribution in [0.25, 0.3) is 0 Å². The van der Waals surface area contributed by atoms with Crippen molar-refractivity contribution in [1.29, 1.82) is 0 Å². The van der Waals surface area contributed by atoms with Crippen LogP contribution in [0, 0.1) is 0 Å². The summed E-state index contributed by atoms with van der Waals surface area (Å²) in [4.78, 5) is 47.9. The van der Waals surface area contributed by atoms with Crippen LogP contribution < -0.4 is 10.6 Å². The molecule has 1 aromatic carbocycles. The van der Waals surface area contributed by atoms with Crippen molar-refractivity contribution in [2.75, 3.05) is 0 Å². The molecular formula is C21H28N2O7. The summed E-state index contributed by atoms with van der Waals surface area (Å²) in [6.07, 6.45) is 3.07. The fourth-order valence-corrected chi connectivity index (χ4v) is 3.08. The molecule has 2 rings (SSSR count). The van der Waals surface area contributed by atoms with Crippen LogP contribution in [0.2, 0.25) is 0 Å². The highest BCUT2D eigenvalue weighted by Crippen LogP contribution is 2.20. The molecule has 0 spiro atoms. The Balaban J connectivity index is 1.94. The molecule has 2 unspecified atom stereocenters. The van der Waals surface area contributed by atoms with Crippen LogP contribution in [-0.4, -0.2) is 47.2 Å². The second-order valence-electron chi connectivity index (χ2n) is 7.28. The number of carbonyl (C=O) groups excluding carboxylic acids is 3. The minimum Gasteiger partial charge on any atom is -0.480 e. The highest BCUT2D eigenvalue weighted by molar-refractivity contribution is 5.92. The number of hydrogen-bond donors (Lipinski definition) is 3. The normalized spacial score (nSPS) is 16.0. The summed E-state index contributed by atoms with van der Waals surface area (Å²) in [7, 11) is 0. The largest absolute Gasteiger partial charge is 0.480 e. The van der Waals surface area contributed by atoms with Crippen molar-refractivity contribution in [2.45, 2.75) is 70.2 Å². The predicted molar refractivity (Wildman–Crippen MR) is 106 cm³/mol. The average Bonchev–Trinajstić information content (AvgIpc) is 2.73. The van der Waals surface area contributed by atoms with Gasteiger partial charge in [0, 0.05) is 0 Å². The van der Waals surface area contributed by atoms with Gasteiger partial charge in [-0.05, 0) is 38.2 Å². The van der Waals surface area contributed by atoms with Gasteiger partial charge in [0.2, 0.25) is 5.91 Å². The molecule has 0 heterocycles. The third kappa shape index (κ3) is 8.10. The summed E-state index contributed by atoms with van der Waals surface area (Å²) in [6.45, 7) is 1.27. The first-order chi connectivity index (χ1) is 14.3. The van der Waals surface area contributed by atoms with E-state index in [4.69, 9.17) is 14.6 Å². The quantitative estimate of drug-likeness (QED) is 0.522. The second kappa shape index (κ2) is 11.8. The first kappa shape index (κ1) is 23.2. The van der Waals surface area contributed by atoms with Crippen molar-refractivity contribution in [2.24, 2.45) is 0 Å². The third-order valence-corrected chi connectivity index (χ3v) is 4.77. The number of amides is 2. The summed E-state index contributed by atoms with van der Waals surface area (Å²) >= 11 is 0. The van der Waals surface area contributed by atoms with E-state index in [1.165, 1.54) is 6.92 Å². The maximum Gasteiger partial charge on any atom is 0.408 e. The van der Waals surface area contributed by atoms with Gasteiger partial charge in [-0.15, -0.1) is 0 Å². The number of benzene rings is 1. The summed E-state index contributed by atoms with van der Waals surface area (Å²) < 4.78 is 10.5. The number of carboxylic acid groups (broad SMARTS) is 1. The molecule has 9 heteroatoms. The molecule has 1 saturated carbocycles. The lowest BCUT2D eigenvalue weighted by Crippen LogP contribution is -2.51. The van der Waals surface area contributed by atoms with Crippen LogP contribution in [0.1, 0.15) is 51.0 Å². The lowest BCUT2D eigenvalue weighted by molar-refractivity contribution is -0.152. The van der Waals surface area contributed by atoms with E-state index in [-0.39, 0.29) is 12.7 Å². The van der Waals surface area contributed by atoms with Crippen molar-refractivity contribution in [1.82, 2.24) is 10.6 Å². The zero-order valence-electron chi connectivity index (χ0n) is 17.0. The van der Waals surface area contributed by atoms with Gasteiger partial charge < -0.3 is 25.2 Å². The number of esters is 1. The number of nitrogens with one attached hydrogen (secondary N) is 2. The summed E-state index contributed by atoms with van der Waals surface area (Å²) in [6, 6.07) is 6.46. The van der Waals surface area contributed by atoms with Gasteiger partial charge in [-0.3, -0.25) is 14.4 Å². The molecule has 9 nitrogen and oxygen atoms in total. The molecular weight excluding hydrogens is 392 g/mol. The van der Waals surface area contributed by atoms with E-state index in [1.807, 2.05) is 6.07 Å². The maximum atomic E-state index is 12.4. The van der Waals surface area contributed by atoms with E-state index in [0.717, 1.165) is 37.7 Å². The number of ether oxygens (including phenoxy) is 2. The van der Waals surface area contributed by atoms with Gasteiger partial charge in [-0.1, -0.05) is 36.8 Å². The smallest absolute Gasteiger partial charge is 0.408 e. The Morgan fingerprint density at radius 3 is 2.37 bits per heavy atom. The second-order valence-corrected chi connectivity index (χ2v) is 7.28. The number of carbonyl (C=O) groups is 4. The van der Waals surface area contributed by atoms with E-state index in [9.17, 15) is 19.2 Å². The lowest BCUT2D eigenvalue weighted by atomic mass is 9.98. The van der Waals surface area contributed by atoms with Crippen molar-refractivity contribution in [3.63, 3.8) is 0 Å². The average molecular weight is 420 g/mol. The molecule has 2 amide bonds. The summed E-state index contributed by atoms with van der Waals surface area (Å²) in [5, 5.41) is 13.6. The lowest BCUT2D eigenvalue weighted by Gasteiger charge is -2.24. The predicted octanol–water partition coefficient (Wildman–Crippen LogP) is 2.14. The SMILES string of the molecule is CC(NC(=O)C(CC(=O)OC1CCCCC1)NC(=O)OCc1ccccc1)C(=O)O. The highest BCUT2D eigenvalue weighted by Gasteiger charge is 2.29. The van der Waals surface area contributed by atoms with Crippen LogP contribution in [0.4, 0.5) is 4.79 Å². The van der Waals surface area contributed by atoms with Gasteiger partial charge in [0.25, 0.3) is 0 Å². The molecule has 3 N–H and O–H groups in total. The first-order valence-electron chi connectivity index (χ1n) is 10.0. The van der Waals surface area contributed by atoms with E-state index in [1.54, 1.807) is 24.3 Å². The minimum atomic E-state index is -1.31. The zero-order chi connectivity index (χ0) is 21.9. The van der Waals surface area contributed by atoms with Gasteiger partial charge in [-0.25, -0.2) is 4.79 Å². The molecule has 1 fully saturated rings. The molecule has 0 saturated heterocycles. The molecule has 0 aliphatic heterocycles. The van der Waals surface area contributed by atoms with Crippen LogP contribution in [-0.2, 0) is 30.5 Å². The van der Waals surface area contributed by atoms with Crippen LogP contribution in [0.5, 0.6) is 0 Å². The van der Waals surface area contributed by atoms with E-state index in [0.29, 0.717) is 0 Å². The number of carboxylic acids is 1. The van der Waals surface area contributed by atoms with Gasteiger partial charge in [-0.2, -0.15) is 0 Å². The van der Waals surface area contributed by atoms with Crippen LogP contribution in [0.15, 0.2) is 30.3 Å². The monoisotopic (exact) mass is 420 g/mol. The molecule has 0 radical (unpaired) electrons. The Bertz CT molecular complexity index is 732. The third-order valence-electron chi connectivity index (χ3n) is 4.77. The molecule has 30 heavy (non-hydrogen) atoms. The van der Waals surface area contributed by atoms with Gasteiger partial charge in [0.1, 0.15) is 24.8 Å².